The van der Waals surface area contributed by atoms with Crippen molar-refractivity contribution in [2.24, 2.45) is 0 Å². The number of esters is 1. The fourth-order valence-corrected chi connectivity index (χ4v) is 3.81. The Morgan fingerprint density at radius 3 is 2.29 bits per heavy atom. The van der Waals surface area contributed by atoms with Crippen molar-refractivity contribution in [3.8, 4) is 5.75 Å². The van der Waals surface area contributed by atoms with Gasteiger partial charge >= 0.3 is 13.1 Å². The fraction of sp³-hybridized carbons (Fsp3) is 0.560. The maximum Gasteiger partial charge on any atom is 0.495 e. The SMILES string of the molecule is CO.COCOc1cc(B2OC(C)(C)C(C)(C)O2)c2c(CCCCC(=O)OC)c(F)ccc2c1. The predicted octanol–water partition coefficient (Wildman–Crippen LogP) is 3.76. The molecule has 0 spiro atoms. The van der Waals surface area contributed by atoms with Crippen LogP contribution in [0.2, 0.25) is 0 Å². The first kappa shape index (κ1) is 28.0. The van der Waals surface area contributed by atoms with Gasteiger partial charge in [-0.1, -0.05) is 6.07 Å². The Kier molecular flexibility index (Phi) is 9.88. The number of halogens is 1. The fourth-order valence-electron chi connectivity index (χ4n) is 3.81. The smallest absolute Gasteiger partial charge is 0.469 e. The van der Waals surface area contributed by atoms with Crippen molar-refractivity contribution >= 4 is 29.3 Å². The highest BCUT2D eigenvalue weighted by atomic mass is 19.1. The number of hydrogen-bond donors (Lipinski definition) is 1. The number of rotatable bonds is 9. The molecule has 0 bridgehead atoms. The van der Waals surface area contributed by atoms with E-state index in [9.17, 15) is 4.79 Å². The van der Waals surface area contributed by atoms with Gasteiger partial charge < -0.3 is 28.6 Å². The third kappa shape index (κ3) is 6.27. The first-order valence-corrected chi connectivity index (χ1v) is 11.3. The topological polar surface area (TPSA) is 83.5 Å². The highest BCUT2D eigenvalue weighted by Crippen LogP contribution is 2.38. The van der Waals surface area contributed by atoms with Crippen molar-refractivity contribution in [2.45, 2.75) is 64.6 Å². The number of ether oxygens (including phenoxy) is 3. The van der Waals surface area contributed by atoms with Gasteiger partial charge in [0, 0.05) is 20.6 Å². The Labute approximate surface area is 201 Å². The van der Waals surface area contributed by atoms with E-state index in [4.69, 9.17) is 28.6 Å². The van der Waals surface area contributed by atoms with E-state index in [1.54, 1.807) is 13.2 Å². The van der Waals surface area contributed by atoms with Crippen LogP contribution >= 0.6 is 0 Å². The van der Waals surface area contributed by atoms with E-state index < -0.39 is 18.3 Å². The molecule has 1 aliphatic rings. The molecule has 34 heavy (non-hydrogen) atoms. The Bertz CT molecular complexity index is 961. The molecule has 188 valence electrons. The zero-order chi connectivity index (χ0) is 25.5. The van der Waals surface area contributed by atoms with Crippen LogP contribution in [0.5, 0.6) is 5.75 Å². The van der Waals surface area contributed by atoms with E-state index in [0.717, 1.165) is 23.3 Å². The lowest BCUT2D eigenvalue weighted by atomic mass is 9.74. The normalized spacial score (nSPS) is 16.2. The lowest BCUT2D eigenvalue weighted by Gasteiger charge is -2.32. The van der Waals surface area contributed by atoms with Gasteiger partial charge in [-0.15, -0.1) is 0 Å². The molecule has 0 saturated carbocycles. The molecule has 3 rings (SSSR count). The number of hydrogen-bond acceptors (Lipinski definition) is 7. The van der Waals surface area contributed by atoms with E-state index in [-0.39, 0.29) is 18.6 Å². The van der Waals surface area contributed by atoms with Gasteiger partial charge in [0.25, 0.3) is 0 Å². The lowest BCUT2D eigenvalue weighted by molar-refractivity contribution is -0.140. The number of methoxy groups -OCH3 is 2. The Morgan fingerprint density at radius 2 is 1.71 bits per heavy atom. The molecule has 1 fully saturated rings. The summed E-state index contributed by atoms with van der Waals surface area (Å²) in [5.41, 5.74) is 0.216. The molecule has 0 radical (unpaired) electrons. The molecule has 0 aliphatic carbocycles. The van der Waals surface area contributed by atoms with Crippen LogP contribution in [-0.4, -0.2) is 57.5 Å². The van der Waals surface area contributed by atoms with Gasteiger partial charge in [0.2, 0.25) is 0 Å². The molecule has 1 saturated heterocycles. The Hall–Kier alpha value is -2.20. The first-order valence-electron chi connectivity index (χ1n) is 11.3. The number of carbonyl (C=O) groups excluding carboxylic acids is 1. The summed E-state index contributed by atoms with van der Waals surface area (Å²) in [6, 6.07) is 6.89. The number of aliphatic hydroxyl groups is 1. The first-order chi connectivity index (χ1) is 16.1. The van der Waals surface area contributed by atoms with E-state index in [0.29, 0.717) is 37.0 Å². The van der Waals surface area contributed by atoms with Crippen LogP contribution in [-0.2, 0) is 30.0 Å². The van der Waals surface area contributed by atoms with Crippen LogP contribution in [0.3, 0.4) is 0 Å². The summed E-state index contributed by atoms with van der Waals surface area (Å²) in [6.07, 6.45) is 2.05. The molecular weight excluding hydrogens is 442 g/mol. The number of aryl methyl sites for hydroxylation is 1. The van der Waals surface area contributed by atoms with Crippen molar-refractivity contribution in [3.05, 3.63) is 35.6 Å². The van der Waals surface area contributed by atoms with Gasteiger partial charge in [0.05, 0.1) is 18.3 Å². The molecule has 2 aromatic rings. The predicted molar refractivity (Wildman–Crippen MR) is 130 cm³/mol. The average molecular weight is 478 g/mol. The second-order valence-electron chi connectivity index (χ2n) is 9.06. The largest absolute Gasteiger partial charge is 0.495 e. The monoisotopic (exact) mass is 478 g/mol. The standard InChI is InChI=1S/C24H32BFO6.CH4O/c1-23(2)24(3,4)32-25(31-23)19-14-17(30-15-28-5)13-16-11-12-20(26)18(22(16)19)9-7-8-10-21(27)29-6;1-2/h11-14H,7-10,15H2,1-6H3;2H,1H3. The van der Waals surface area contributed by atoms with E-state index in [1.807, 2.05) is 39.8 Å². The third-order valence-electron chi connectivity index (χ3n) is 6.31. The molecule has 7 nitrogen and oxygen atoms in total. The summed E-state index contributed by atoms with van der Waals surface area (Å²) in [5.74, 6) is 0.0347. The number of fused-ring (bicyclic) bond motifs is 1. The number of benzene rings is 2. The van der Waals surface area contributed by atoms with Crippen LogP contribution in [0.1, 0.15) is 52.5 Å². The van der Waals surface area contributed by atoms with Gasteiger partial charge in [-0.3, -0.25) is 4.79 Å². The Balaban J connectivity index is 0.00000199. The minimum atomic E-state index is -0.677. The van der Waals surface area contributed by atoms with Gasteiger partial charge in [0.1, 0.15) is 11.6 Å². The van der Waals surface area contributed by atoms with E-state index in [1.165, 1.54) is 13.2 Å². The average Bonchev–Trinajstić information content (AvgIpc) is 3.03. The molecule has 9 heteroatoms. The number of carbonyl (C=O) groups is 1. The molecule has 0 aromatic heterocycles. The van der Waals surface area contributed by atoms with Gasteiger partial charge in [-0.05, 0) is 87.0 Å². The van der Waals surface area contributed by atoms with Crippen molar-refractivity contribution in [1.82, 2.24) is 0 Å². The van der Waals surface area contributed by atoms with Crippen LogP contribution < -0.4 is 10.2 Å². The lowest BCUT2D eigenvalue weighted by Crippen LogP contribution is -2.41. The highest BCUT2D eigenvalue weighted by molar-refractivity contribution is 6.65. The zero-order valence-electron chi connectivity index (χ0n) is 21.2. The summed E-state index contributed by atoms with van der Waals surface area (Å²) in [7, 11) is 3.24. The van der Waals surface area contributed by atoms with Gasteiger partial charge in [-0.25, -0.2) is 4.39 Å². The molecule has 1 heterocycles. The maximum atomic E-state index is 15.0. The molecule has 1 aliphatic heterocycles. The van der Waals surface area contributed by atoms with Crippen molar-refractivity contribution < 1.29 is 37.8 Å². The number of aliphatic hydroxyl groups excluding tert-OH is 1. The summed E-state index contributed by atoms with van der Waals surface area (Å²) in [4.78, 5) is 11.4. The van der Waals surface area contributed by atoms with E-state index >= 15 is 4.39 Å². The summed E-state index contributed by atoms with van der Waals surface area (Å²) >= 11 is 0. The molecule has 0 atom stereocenters. The molecule has 2 aromatic carbocycles. The second-order valence-corrected chi connectivity index (χ2v) is 9.06. The summed E-state index contributed by atoms with van der Waals surface area (Å²) in [5, 5.41) is 8.58. The number of unbranched alkanes of at least 4 members (excludes halogenated alkanes) is 1. The molecular formula is C25H36BFO7. The van der Waals surface area contributed by atoms with Crippen LogP contribution in [0, 0.1) is 5.82 Å². The third-order valence-corrected chi connectivity index (χ3v) is 6.31. The van der Waals surface area contributed by atoms with E-state index in [2.05, 4.69) is 0 Å². The van der Waals surface area contributed by atoms with Crippen LogP contribution in [0.25, 0.3) is 10.8 Å². The molecule has 0 unspecified atom stereocenters. The maximum absolute atomic E-state index is 15.0. The molecule has 1 N–H and O–H groups in total. The quantitative estimate of drug-likeness (QED) is 0.254. The minimum absolute atomic E-state index is 0.0931. The van der Waals surface area contributed by atoms with Crippen molar-refractivity contribution in [1.29, 1.82) is 0 Å². The van der Waals surface area contributed by atoms with Crippen molar-refractivity contribution in [2.75, 3.05) is 28.1 Å². The summed E-state index contributed by atoms with van der Waals surface area (Å²) < 4.78 is 43.0. The van der Waals surface area contributed by atoms with Crippen LogP contribution in [0.15, 0.2) is 24.3 Å². The molecule has 0 amide bonds. The second kappa shape index (κ2) is 12.0. The highest BCUT2D eigenvalue weighted by Gasteiger charge is 2.52. The van der Waals surface area contributed by atoms with Crippen LogP contribution in [0.4, 0.5) is 4.39 Å². The van der Waals surface area contributed by atoms with Crippen molar-refractivity contribution in [3.63, 3.8) is 0 Å². The Morgan fingerprint density at radius 1 is 1.06 bits per heavy atom. The van der Waals surface area contributed by atoms with Gasteiger partial charge in [-0.2, -0.15) is 0 Å². The minimum Gasteiger partial charge on any atom is -0.469 e. The van der Waals surface area contributed by atoms with Gasteiger partial charge in [0.15, 0.2) is 6.79 Å². The zero-order valence-corrected chi connectivity index (χ0v) is 21.2. The summed E-state index contributed by atoms with van der Waals surface area (Å²) in [6.45, 7) is 8.02.